The quantitative estimate of drug-likeness (QED) is 0.901. The van der Waals surface area contributed by atoms with Gasteiger partial charge in [0.25, 0.3) is 0 Å². The van der Waals surface area contributed by atoms with Gasteiger partial charge in [-0.15, -0.1) is 0 Å². The van der Waals surface area contributed by atoms with Crippen LogP contribution < -0.4 is 5.73 Å². The summed E-state index contributed by atoms with van der Waals surface area (Å²) >= 11 is 0. The number of carbonyl (C=O) groups is 1. The van der Waals surface area contributed by atoms with Crippen molar-refractivity contribution in [3.63, 3.8) is 0 Å². The number of likely N-dealkylation sites (tertiary alicyclic amines) is 1. The number of hydrogen-bond acceptors (Lipinski definition) is 2. The molecule has 3 heteroatoms. The van der Waals surface area contributed by atoms with E-state index in [0.717, 1.165) is 38.9 Å². The minimum atomic E-state index is 0.290. The van der Waals surface area contributed by atoms with Crippen LogP contribution in [0.15, 0.2) is 24.3 Å². The van der Waals surface area contributed by atoms with E-state index in [1.165, 1.54) is 11.1 Å². The molecular formula is C16H24N2O. The number of carbonyl (C=O) groups excluding carboxylic acids is 1. The molecule has 0 saturated carbocycles. The molecule has 1 aromatic carbocycles. The fourth-order valence-corrected chi connectivity index (χ4v) is 2.71. The van der Waals surface area contributed by atoms with E-state index in [0.29, 0.717) is 18.2 Å². The number of amides is 1. The number of nitrogens with two attached hydrogens (primary N) is 1. The lowest BCUT2D eigenvalue weighted by atomic mass is 9.96. The predicted molar refractivity (Wildman–Crippen MR) is 77.9 cm³/mol. The minimum Gasteiger partial charge on any atom is -0.343 e. The SMILES string of the molecule is Cc1ccccc1CCC(=O)N1CCC(CN)CC1. The Kier molecular flexibility index (Phi) is 4.97. The summed E-state index contributed by atoms with van der Waals surface area (Å²) in [5.41, 5.74) is 8.23. The van der Waals surface area contributed by atoms with Crippen molar-refractivity contribution in [1.82, 2.24) is 4.90 Å². The van der Waals surface area contributed by atoms with Crippen molar-refractivity contribution in [1.29, 1.82) is 0 Å². The highest BCUT2D eigenvalue weighted by Crippen LogP contribution is 2.17. The number of aryl methyl sites for hydroxylation is 2. The van der Waals surface area contributed by atoms with E-state index >= 15 is 0 Å². The molecule has 0 unspecified atom stereocenters. The molecule has 19 heavy (non-hydrogen) atoms. The first-order chi connectivity index (χ1) is 9.20. The topological polar surface area (TPSA) is 46.3 Å². The van der Waals surface area contributed by atoms with Crippen molar-refractivity contribution in [2.45, 2.75) is 32.6 Å². The zero-order valence-corrected chi connectivity index (χ0v) is 11.8. The number of benzene rings is 1. The first-order valence-corrected chi connectivity index (χ1v) is 7.23. The molecule has 2 N–H and O–H groups in total. The molecule has 0 radical (unpaired) electrons. The summed E-state index contributed by atoms with van der Waals surface area (Å²) in [5.74, 6) is 0.902. The average molecular weight is 260 g/mol. The number of nitrogens with zero attached hydrogens (tertiary/aromatic N) is 1. The van der Waals surface area contributed by atoms with Gasteiger partial charge in [-0.2, -0.15) is 0 Å². The molecule has 1 fully saturated rings. The summed E-state index contributed by atoms with van der Waals surface area (Å²) in [7, 11) is 0. The standard InChI is InChI=1S/C16H24N2O/c1-13-4-2-3-5-15(13)6-7-16(19)18-10-8-14(12-17)9-11-18/h2-5,14H,6-12,17H2,1H3. The first-order valence-electron chi connectivity index (χ1n) is 7.23. The molecule has 1 amide bonds. The molecule has 0 spiro atoms. The van der Waals surface area contributed by atoms with Gasteiger partial charge in [-0.3, -0.25) is 4.79 Å². The largest absolute Gasteiger partial charge is 0.343 e. The van der Waals surface area contributed by atoms with Crippen LogP contribution in [0.2, 0.25) is 0 Å². The summed E-state index contributed by atoms with van der Waals surface area (Å²) in [4.78, 5) is 14.2. The van der Waals surface area contributed by atoms with E-state index in [1.807, 2.05) is 17.0 Å². The molecule has 0 aliphatic carbocycles. The van der Waals surface area contributed by atoms with E-state index in [2.05, 4.69) is 19.1 Å². The van der Waals surface area contributed by atoms with E-state index in [-0.39, 0.29) is 0 Å². The van der Waals surface area contributed by atoms with Gasteiger partial charge in [0.15, 0.2) is 0 Å². The van der Waals surface area contributed by atoms with Gasteiger partial charge in [0.2, 0.25) is 5.91 Å². The molecule has 1 aliphatic rings. The third-order valence-electron chi connectivity index (χ3n) is 4.17. The summed E-state index contributed by atoms with van der Waals surface area (Å²) in [6, 6.07) is 8.30. The molecule has 1 aromatic rings. The van der Waals surface area contributed by atoms with Gasteiger partial charge in [0, 0.05) is 19.5 Å². The number of hydrogen-bond donors (Lipinski definition) is 1. The van der Waals surface area contributed by atoms with Gasteiger partial charge in [0.05, 0.1) is 0 Å². The zero-order valence-electron chi connectivity index (χ0n) is 11.8. The second-order valence-corrected chi connectivity index (χ2v) is 5.49. The fourth-order valence-electron chi connectivity index (χ4n) is 2.71. The third kappa shape index (κ3) is 3.80. The highest BCUT2D eigenvalue weighted by Gasteiger charge is 2.21. The maximum absolute atomic E-state index is 12.2. The van der Waals surface area contributed by atoms with E-state index in [4.69, 9.17) is 5.73 Å². The molecule has 2 rings (SSSR count). The van der Waals surface area contributed by atoms with Crippen LogP contribution in [0.3, 0.4) is 0 Å². The predicted octanol–water partition coefficient (Wildman–Crippen LogP) is 2.12. The van der Waals surface area contributed by atoms with Crippen molar-refractivity contribution in [2.75, 3.05) is 19.6 Å². The van der Waals surface area contributed by atoms with Gasteiger partial charge in [-0.05, 0) is 49.8 Å². The molecule has 1 saturated heterocycles. The maximum Gasteiger partial charge on any atom is 0.222 e. The molecule has 0 bridgehead atoms. The highest BCUT2D eigenvalue weighted by molar-refractivity contribution is 5.76. The van der Waals surface area contributed by atoms with Crippen LogP contribution in [0.1, 0.15) is 30.4 Å². The van der Waals surface area contributed by atoms with Crippen LogP contribution >= 0.6 is 0 Å². The Hall–Kier alpha value is -1.35. The summed E-state index contributed by atoms with van der Waals surface area (Å²) in [6.45, 7) is 4.63. The lowest BCUT2D eigenvalue weighted by molar-refractivity contribution is -0.132. The molecule has 3 nitrogen and oxygen atoms in total. The van der Waals surface area contributed by atoms with E-state index in [1.54, 1.807) is 0 Å². The van der Waals surface area contributed by atoms with E-state index < -0.39 is 0 Å². The number of rotatable bonds is 4. The Morgan fingerprint density at radius 2 is 2.00 bits per heavy atom. The van der Waals surface area contributed by atoms with Crippen LogP contribution in [-0.4, -0.2) is 30.4 Å². The van der Waals surface area contributed by atoms with Crippen LogP contribution in [-0.2, 0) is 11.2 Å². The molecular weight excluding hydrogens is 236 g/mol. The van der Waals surface area contributed by atoms with Gasteiger partial charge in [-0.25, -0.2) is 0 Å². The first kappa shape index (κ1) is 14.1. The van der Waals surface area contributed by atoms with Crippen molar-refractivity contribution in [3.8, 4) is 0 Å². The van der Waals surface area contributed by atoms with Crippen molar-refractivity contribution in [3.05, 3.63) is 35.4 Å². The van der Waals surface area contributed by atoms with E-state index in [9.17, 15) is 4.79 Å². The van der Waals surface area contributed by atoms with Gasteiger partial charge in [0.1, 0.15) is 0 Å². The van der Waals surface area contributed by atoms with Gasteiger partial charge >= 0.3 is 0 Å². The van der Waals surface area contributed by atoms with Crippen LogP contribution in [0.4, 0.5) is 0 Å². The lowest BCUT2D eigenvalue weighted by Crippen LogP contribution is -2.40. The highest BCUT2D eigenvalue weighted by atomic mass is 16.2. The Morgan fingerprint density at radius 3 is 2.63 bits per heavy atom. The van der Waals surface area contributed by atoms with Crippen LogP contribution in [0, 0.1) is 12.8 Å². The molecule has 0 atom stereocenters. The second-order valence-electron chi connectivity index (χ2n) is 5.49. The van der Waals surface area contributed by atoms with Gasteiger partial charge < -0.3 is 10.6 Å². The molecule has 1 aliphatic heterocycles. The molecule has 104 valence electrons. The average Bonchev–Trinajstić information content (AvgIpc) is 2.46. The van der Waals surface area contributed by atoms with Crippen LogP contribution in [0.25, 0.3) is 0 Å². The monoisotopic (exact) mass is 260 g/mol. The smallest absolute Gasteiger partial charge is 0.222 e. The molecule has 0 aromatic heterocycles. The Balaban J connectivity index is 1.81. The minimum absolute atomic E-state index is 0.290. The fraction of sp³-hybridized carbons (Fsp3) is 0.562. The van der Waals surface area contributed by atoms with Crippen molar-refractivity contribution in [2.24, 2.45) is 11.7 Å². The van der Waals surface area contributed by atoms with Crippen molar-refractivity contribution < 1.29 is 4.79 Å². The zero-order chi connectivity index (χ0) is 13.7. The van der Waals surface area contributed by atoms with Crippen molar-refractivity contribution >= 4 is 5.91 Å². The Labute approximate surface area is 115 Å². The van der Waals surface area contributed by atoms with Crippen LogP contribution in [0.5, 0.6) is 0 Å². The summed E-state index contributed by atoms with van der Waals surface area (Å²) in [6.07, 6.45) is 3.60. The summed E-state index contributed by atoms with van der Waals surface area (Å²) < 4.78 is 0. The second kappa shape index (κ2) is 6.71. The summed E-state index contributed by atoms with van der Waals surface area (Å²) in [5, 5.41) is 0. The third-order valence-corrected chi connectivity index (χ3v) is 4.17. The van der Waals surface area contributed by atoms with Gasteiger partial charge in [-0.1, -0.05) is 24.3 Å². The Morgan fingerprint density at radius 1 is 1.32 bits per heavy atom. The lowest BCUT2D eigenvalue weighted by Gasteiger charge is -2.31. The normalized spacial score (nSPS) is 16.6. The molecule has 1 heterocycles. The maximum atomic E-state index is 12.2. The Bertz CT molecular complexity index is 423. The number of piperidine rings is 1.